The highest BCUT2D eigenvalue weighted by atomic mass is 35.5. The van der Waals surface area contributed by atoms with Crippen molar-refractivity contribution in [2.45, 2.75) is 25.8 Å². The molecule has 8 heteroatoms. The van der Waals surface area contributed by atoms with Crippen LogP contribution in [0, 0.1) is 0 Å². The second-order valence-corrected chi connectivity index (χ2v) is 5.73. The summed E-state index contributed by atoms with van der Waals surface area (Å²) in [5.74, 6) is -2.12. The molecule has 0 bridgehead atoms. The summed E-state index contributed by atoms with van der Waals surface area (Å²) >= 11 is 5.91. The third kappa shape index (κ3) is 4.32. The Morgan fingerprint density at radius 1 is 1.33 bits per heavy atom. The highest BCUT2D eigenvalue weighted by Gasteiger charge is 2.28. The van der Waals surface area contributed by atoms with Crippen molar-refractivity contribution in [1.29, 1.82) is 0 Å². The number of esters is 1. The molecule has 0 spiro atoms. The lowest BCUT2D eigenvalue weighted by Gasteiger charge is -2.16. The Kier molecular flexibility index (Phi) is 5.92. The van der Waals surface area contributed by atoms with E-state index in [-0.39, 0.29) is 16.5 Å². The van der Waals surface area contributed by atoms with Gasteiger partial charge in [-0.05, 0) is 25.5 Å². The number of ether oxygens (including phenoxy) is 1. The first-order valence-corrected chi connectivity index (χ1v) is 7.83. The lowest BCUT2D eigenvalue weighted by atomic mass is 10.2. The molecule has 3 amide bonds. The maximum Gasteiger partial charge on any atom is 0.328 e. The van der Waals surface area contributed by atoms with Crippen molar-refractivity contribution < 1.29 is 23.9 Å². The van der Waals surface area contributed by atoms with E-state index in [9.17, 15) is 19.2 Å². The first-order chi connectivity index (χ1) is 11.4. The normalized spacial score (nSPS) is 15.1. The number of amides is 3. The van der Waals surface area contributed by atoms with Crippen LogP contribution in [0.2, 0.25) is 5.02 Å². The molecule has 1 aromatic rings. The van der Waals surface area contributed by atoms with E-state index in [0.29, 0.717) is 19.4 Å². The average Bonchev–Trinajstić information content (AvgIpc) is 2.98. The fraction of sp³-hybridized carbons (Fsp3) is 0.375. The Bertz CT molecular complexity index is 676. The molecular weight excluding hydrogens is 336 g/mol. The second kappa shape index (κ2) is 7.92. The lowest BCUT2D eigenvalue weighted by Crippen LogP contribution is -2.42. The van der Waals surface area contributed by atoms with E-state index in [1.807, 2.05) is 0 Å². The minimum atomic E-state index is -0.962. The van der Waals surface area contributed by atoms with Gasteiger partial charge in [-0.2, -0.15) is 0 Å². The third-order valence-electron chi connectivity index (χ3n) is 3.53. The summed E-state index contributed by atoms with van der Waals surface area (Å²) in [7, 11) is 0. The maximum absolute atomic E-state index is 12.0. The smallest absolute Gasteiger partial charge is 0.328 e. The van der Waals surface area contributed by atoms with Crippen LogP contribution in [-0.4, -0.2) is 47.8 Å². The minimum absolute atomic E-state index is 0.234. The van der Waals surface area contributed by atoms with Crippen LogP contribution >= 0.6 is 11.6 Å². The van der Waals surface area contributed by atoms with Crippen molar-refractivity contribution in [3.63, 3.8) is 0 Å². The van der Waals surface area contributed by atoms with Gasteiger partial charge in [-0.15, -0.1) is 0 Å². The number of benzene rings is 1. The largest absolute Gasteiger partial charge is 0.454 e. The Balaban J connectivity index is 1.84. The van der Waals surface area contributed by atoms with Gasteiger partial charge in [-0.3, -0.25) is 19.3 Å². The fourth-order valence-corrected chi connectivity index (χ4v) is 2.45. The van der Waals surface area contributed by atoms with Crippen LogP contribution in [0.5, 0.6) is 0 Å². The molecule has 0 aliphatic carbocycles. The number of likely N-dealkylation sites (tertiary alicyclic amines) is 1. The molecule has 1 heterocycles. The minimum Gasteiger partial charge on any atom is -0.454 e. The number of imide groups is 1. The molecule has 0 saturated carbocycles. The van der Waals surface area contributed by atoms with E-state index >= 15 is 0 Å². The van der Waals surface area contributed by atoms with E-state index in [2.05, 4.69) is 5.32 Å². The molecule has 0 radical (unpaired) electrons. The van der Waals surface area contributed by atoms with Gasteiger partial charge < -0.3 is 10.1 Å². The van der Waals surface area contributed by atoms with Gasteiger partial charge in [0, 0.05) is 13.0 Å². The van der Waals surface area contributed by atoms with Gasteiger partial charge >= 0.3 is 5.97 Å². The van der Waals surface area contributed by atoms with E-state index in [4.69, 9.17) is 16.3 Å². The quantitative estimate of drug-likeness (QED) is 0.802. The summed E-state index contributed by atoms with van der Waals surface area (Å²) in [6, 6.07) is 5.46. The number of carbonyl (C=O) groups excluding carboxylic acids is 4. The predicted molar refractivity (Wildman–Crippen MR) is 85.3 cm³/mol. The topological polar surface area (TPSA) is 92.8 Å². The van der Waals surface area contributed by atoms with Gasteiger partial charge in [-0.25, -0.2) is 4.79 Å². The summed E-state index contributed by atoms with van der Waals surface area (Å²) in [6.45, 7) is 1.24. The Labute approximate surface area is 143 Å². The first kappa shape index (κ1) is 17.9. The van der Waals surface area contributed by atoms with Crippen LogP contribution < -0.4 is 5.32 Å². The predicted octanol–water partition coefficient (Wildman–Crippen LogP) is 1.15. The summed E-state index contributed by atoms with van der Waals surface area (Å²) in [5.41, 5.74) is 0.234. The van der Waals surface area contributed by atoms with Crippen LogP contribution in [0.25, 0.3) is 0 Å². The highest BCUT2D eigenvalue weighted by molar-refractivity contribution is 6.33. The van der Waals surface area contributed by atoms with E-state index in [0.717, 1.165) is 4.90 Å². The number of carbonyl (C=O) groups is 4. The van der Waals surface area contributed by atoms with Crippen molar-refractivity contribution >= 4 is 35.3 Å². The fourth-order valence-electron chi connectivity index (χ4n) is 2.23. The van der Waals surface area contributed by atoms with Crippen molar-refractivity contribution in [3.8, 4) is 0 Å². The SMILES string of the molecule is CC(NC(=O)c1ccccc1Cl)C(=O)OCC(=O)N1CCCC1=O. The van der Waals surface area contributed by atoms with Crippen molar-refractivity contribution in [1.82, 2.24) is 10.2 Å². The van der Waals surface area contributed by atoms with Crippen LogP contribution in [0.15, 0.2) is 24.3 Å². The third-order valence-corrected chi connectivity index (χ3v) is 3.86. The van der Waals surface area contributed by atoms with Crippen LogP contribution in [0.1, 0.15) is 30.1 Å². The first-order valence-electron chi connectivity index (χ1n) is 7.45. The molecule has 1 aliphatic heterocycles. The zero-order valence-corrected chi connectivity index (χ0v) is 13.8. The van der Waals surface area contributed by atoms with Gasteiger partial charge in [0.2, 0.25) is 5.91 Å². The van der Waals surface area contributed by atoms with E-state index in [1.165, 1.54) is 13.0 Å². The molecule has 1 aliphatic rings. The average molecular weight is 353 g/mol. The van der Waals surface area contributed by atoms with Gasteiger partial charge in [0.05, 0.1) is 10.6 Å². The molecule has 1 N–H and O–H groups in total. The monoisotopic (exact) mass is 352 g/mol. The molecular formula is C16H17ClN2O5. The Hall–Kier alpha value is -2.41. The number of hydrogen-bond donors (Lipinski definition) is 1. The van der Waals surface area contributed by atoms with E-state index < -0.39 is 30.4 Å². The summed E-state index contributed by atoms with van der Waals surface area (Å²) in [4.78, 5) is 48.2. The van der Waals surface area contributed by atoms with Gasteiger partial charge in [0.25, 0.3) is 11.8 Å². The number of nitrogens with one attached hydrogen (secondary N) is 1. The summed E-state index contributed by atoms with van der Waals surface area (Å²) in [5, 5.41) is 2.71. The van der Waals surface area contributed by atoms with Crippen molar-refractivity contribution in [2.24, 2.45) is 0 Å². The van der Waals surface area contributed by atoms with Crippen molar-refractivity contribution in [2.75, 3.05) is 13.2 Å². The van der Waals surface area contributed by atoms with Crippen LogP contribution in [0.4, 0.5) is 0 Å². The van der Waals surface area contributed by atoms with Crippen LogP contribution in [0.3, 0.4) is 0 Å². The lowest BCUT2D eigenvalue weighted by molar-refractivity contribution is -0.155. The molecule has 1 unspecified atom stereocenters. The van der Waals surface area contributed by atoms with Crippen LogP contribution in [-0.2, 0) is 19.1 Å². The van der Waals surface area contributed by atoms with Gasteiger partial charge in [0.1, 0.15) is 6.04 Å². The molecule has 0 aromatic heterocycles. The molecule has 1 aromatic carbocycles. The van der Waals surface area contributed by atoms with Gasteiger partial charge in [-0.1, -0.05) is 23.7 Å². The molecule has 24 heavy (non-hydrogen) atoms. The summed E-state index contributed by atoms with van der Waals surface area (Å²) in [6.07, 6.45) is 0.937. The number of rotatable bonds is 5. The second-order valence-electron chi connectivity index (χ2n) is 5.33. The van der Waals surface area contributed by atoms with Crippen molar-refractivity contribution in [3.05, 3.63) is 34.9 Å². The van der Waals surface area contributed by atoms with Gasteiger partial charge in [0.15, 0.2) is 6.61 Å². The Morgan fingerprint density at radius 3 is 2.67 bits per heavy atom. The van der Waals surface area contributed by atoms with E-state index in [1.54, 1.807) is 18.2 Å². The zero-order chi connectivity index (χ0) is 17.7. The molecule has 1 saturated heterocycles. The standard InChI is InChI=1S/C16H17ClN2O5/c1-10(18-15(22)11-5-2-3-6-12(11)17)16(23)24-9-14(21)19-8-4-7-13(19)20/h2-3,5-6,10H,4,7-9H2,1H3,(H,18,22). The molecule has 128 valence electrons. The Morgan fingerprint density at radius 2 is 2.04 bits per heavy atom. The zero-order valence-electron chi connectivity index (χ0n) is 13.1. The molecule has 1 fully saturated rings. The summed E-state index contributed by atoms with van der Waals surface area (Å²) < 4.78 is 4.86. The molecule has 7 nitrogen and oxygen atoms in total. The molecule has 1 atom stereocenters. The highest BCUT2D eigenvalue weighted by Crippen LogP contribution is 2.14. The number of hydrogen-bond acceptors (Lipinski definition) is 5. The number of halogens is 1. The maximum atomic E-state index is 12.0. The number of nitrogens with zero attached hydrogens (tertiary/aromatic N) is 1. The molecule has 2 rings (SSSR count).